The van der Waals surface area contributed by atoms with E-state index < -0.39 is 5.72 Å². The largest absolute Gasteiger partial charge is 0.463 e. The molecule has 1 atom stereocenters. The van der Waals surface area contributed by atoms with Crippen LogP contribution in [0, 0.1) is 0 Å². The van der Waals surface area contributed by atoms with Crippen molar-refractivity contribution in [1.82, 2.24) is 5.32 Å². The van der Waals surface area contributed by atoms with E-state index in [0.717, 1.165) is 6.42 Å². The monoisotopic (exact) mass is 229 g/mol. The molecule has 2 N–H and O–H groups in total. The third-order valence-corrected chi connectivity index (χ3v) is 2.03. The third-order valence-electron chi connectivity index (χ3n) is 2.03. The second-order valence-corrected chi connectivity index (χ2v) is 4.29. The Labute approximate surface area is 97.7 Å². The van der Waals surface area contributed by atoms with Crippen LogP contribution in [-0.4, -0.2) is 29.4 Å². The van der Waals surface area contributed by atoms with Crippen molar-refractivity contribution in [2.45, 2.75) is 52.8 Å². The van der Waals surface area contributed by atoms with E-state index in [4.69, 9.17) is 4.74 Å². The number of hydrogen-bond acceptors (Lipinski definition) is 4. The molecule has 0 aliphatic carbocycles. The number of esters is 1. The van der Waals surface area contributed by atoms with Crippen molar-refractivity contribution in [3.05, 3.63) is 11.6 Å². The molecule has 0 saturated carbocycles. The molecule has 0 bridgehead atoms. The summed E-state index contributed by atoms with van der Waals surface area (Å²) in [7, 11) is 0. The Hall–Kier alpha value is -0.870. The zero-order valence-electron chi connectivity index (χ0n) is 10.8. The number of carbonyl (C=O) groups excluding carboxylic acids is 1. The average molecular weight is 229 g/mol. The number of carbonyl (C=O) groups is 1. The van der Waals surface area contributed by atoms with Crippen molar-refractivity contribution in [3.63, 3.8) is 0 Å². The summed E-state index contributed by atoms with van der Waals surface area (Å²) in [5.41, 5.74) is -0.392. The molecular weight excluding hydrogens is 206 g/mol. The Morgan fingerprint density at radius 3 is 2.44 bits per heavy atom. The SMILES string of the molecule is CCOC(=O)C(C)=CC(CC)NC(C)(C)O. The van der Waals surface area contributed by atoms with E-state index in [1.54, 1.807) is 33.8 Å². The van der Waals surface area contributed by atoms with Crippen molar-refractivity contribution in [2.75, 3.05) is 6.61 Å². The van der Waals surface area contributed by atoms with Gasteiger partial charge >= 0.3 is 5.97 Å². The first kappa shape index (κ1) is 15.1. The van der Waals surface area contributed by atoms with Crippen LogP contribution in [-0.2, 0) is 9.53 Å². The highest BCUT2D eigenvalue weighted by Gasteiger charge is 2.17. The molecule has 0 aromatic rings. The average Bonchev–Trinajstić information content (AvgIpc) is 2.14. The molecule has 16 heavy (non-hydrogen) atoms. The lowest BCUT2D eigenvalue weighted by Gasteiger charge is -2.25. The van der Waals surface area contributed by atoms with Gasteiger partial charge in [-0.2, -0.15) is 0 Å². The lowest BCUT2D eigenvalue weighted by atomic mass is 10.1. The van der Waals surface area contributed by atoms with E-state index in [1.165, 1.54) is 0 Å². The van der Waals surface area contributed by atoms with Crippen LogP contribution in [0.15, 0.2) is 11.6 Å². The van der Waals surface area contributed by atoms with Crippen molar-refractivity contribution in [1.29, 1.82) is 0 Å². The maximum atomic E-state index is 11.4. The van der Waals surface area contributed by atoms with Crippen LogP contribution < -0.4 is 5.32 Å². The van der Waals surface area contributed by atoms with Crippen molar-refractivity contribution in [2.24, 2.45) is 0 Å². The first-order chi connectivity index (χ1) is 7.30. The molecule has 4 heteroatoms. The number of rotatable bonds is 6. The zero-order chi connectivity index (χ0) is 12.8. The van der Waals surface area contributed by atoms with E-state index >= 15 is 0 Å². The third kappa shape index (κ3) is 6.58. The van der Waals surface area contributed by atoms with Crippen LogP contribution in [0.2, 0.25) is 0 Å². The second kappa shape index (κ2) is 6.66. The minimum atomic E-state index is -0.952. The van der Waals surface area contributed by atoms with Gasteiger partial charge in [0.2, 0.25) is 0 Å². The van der Waals surface area contributed by atoms with E-state index in [2.05, 4.69) is 5.32 Å². The van der Waals surface area contributed by atoms with Gasteiger partial charge in [-0.05, 0) is 34.1 Å². The summed E-state index contributed by atoms with van der Waals surface area (Å²) in [5, 5.41) is 12.6. The van der Waals surface area contributed by atoms with Gasteiger partial charge in [-0.1, -0.05) is 13.0 Å². The normalized spacial score (nSPS) is 14.8. The fourth-order valence-electron chi connectivity index (χ4n) is 1.33. The summed E-state index contributed by atoms with van der Waals surface area (Å²) in [6.07, 6.45) is 2.58. The van der Waals surface area contributed by atoms with Gasteiger partial charge in [0.05, 0.1) is 6.61 Å². The van der Waals surface area contributed by atoms with Crippen LogP contribution in [0.25, 0.3) is 0 Å². The maximum Gasteiger partial charge on any atom is 0.333 e. The molecule has 0 saturated heterocycles. The second-order valence-electron chi connectivity index (χ2n) is 4.29. The van der Waals surface area contributed by atoms with Gasteiger partial charge in [0.15, 0.2) is 0 Å². The molecule has 0 rings (SSSR count). The fraction of sp³-hybridized carbons (Fsp3) is 0.750. The molecule has 0 heterocycles. The van der Waals surface area contributed by atoms with Crippen LogP contribution in [0.5, 0.6) is 0 Å². The molecule has 94 valence electrons. The molecule has 0 amide bonds. The fourth-order valence-corrected chi connectivity index (χ4v) is 1.33. The van der Waals surface area contributed by atoms with Gasteiger partial charge in [-0.15, -0.1) is 0 Å². The molecule has 0 aromatic carbocycles. The van der Waals surface area contributed by atoms with E-state index in [0.29, 0.717) is 12.2 Å². The molecule has 0 fully saturated rings. The summed E-state index contributed by atoms with van der Waals surface area (Å²) in [6.45, 7) is 9.19. The highest BCUT2D eigenvalue weighted by Crippen LogP contribution is 2.06. The van der Waals surface area contributed by atoms with Gasteiger partial charge < -0.3 is 9.84 Å². The molecule has 0 aliphatic heterocycles. The summed E-state index contributed by atoms with van der Waals surface area (Å²) < 4.78 is 4.88. The predicted molar refractivity (Wildman–Crippen MR) is 63.9 cm³/mol. The van der Waals surface area contributed by atoms with Crippen LogP contribution in [0.3, 0.4) is 0 Å². The molecule has 0 aliphatic rings. The Balaban J connectivity index is 4.50. The van der Waals surface area contributed by atoms with E-state index in [9.17, 15) is 9.90 Å². The molecular formula is C12H23NO3. The van der Waals surface area contributed by atoms with E-state index in [1.807, 2.05) is 6.92 Å². The highest BCUT2D eigenvalue weighted by atomic mass is 16.5. The number of nitrogens with one attached hydrogen (secondary N) is 1. The van der Waals surface area contributed by atoms with Gasteiger partial charge in [0.25, 0.3) is 0 Å². The topological polar surface area (TPSA) is 58.6 Å². The summed E-state index contributed by atoms with van der Waals surface area (Å²) in [6, 6.07) is -0.0376. The highest BCUT2D eigenvalue weighted by molar-refractivity contribution is 5.87. The van der Waals surface area contributed by atoms with E-state index in [-0.39, 0.29) is 12.0 Å². The van der Waals surface area contributed by atoms with Gasteiger partial charge in [-0.3, -0.25) is 5.32 Å². The Morgan fingerprint density at radius 2 is 2.06 bits per heavy atom. The van der Waals surface area contributed by atoms with Crippen molar-refractivity contribution in [3.8, 4) is 0 Å². The smallest absolute Gasteiger partial charge is 0.333 e. The maximum absolute atomic E-state index is 11.4. The first-order valence-electron chi connectivity index (χ1n) is 5.65. The standard InChI is InChI=1S/C12H23NO3/c1-6-10(13-12(4,5)15)8-9(3)11(14)16-7-2/h8,10,13,15H,6-7H2,1-5H3. The van der Waals surface area contributed by atoms with Crippen LogP contribution in [0.1, 0.15) is 41.0 Å². The number of hydrogen-bond donors (Lipinski definition) is 2. The van der Waals surface area contributed by atoms with Gasteiger partial charge in [0, 0.05) is 11.6 Å². The minimum Gasteiger partial charge on any atom is -0.463 e. The van der Waals surface area contributed by atoms with Gasteiger partial charge in [-0.25, -0.2) is 4.79 Å². The lowest BCUT2D eigenvalue weighted by Crippen LogP contribution is -2.44. The molecule has 4 nitrogen and oxygen atoms in total. The van der Waals surface area contributed by atoms with Gasteiger partial charge in [0.1, 0.15) is 5.72 Å². The predicted octanol–water partition coefficient (Wildman–Crippen LogP) is 1.59. The van der Waals surface area contributed by atoms with Crippen molar-refractivity contribution >= 4 is 5.97 Å². The molecule has 0 radical (unpaired) electrons. The first-order valence-corrected chi connectivity index (χ1v) is 5.65. The number of aliphatic hydroxyl groups is 1. The summed E-state index contributed by atoms with van der Waals surface area (Å²) in [5.74, 6) is -0.307. The molecule has 0 aromatic heterocycles. The zero-order valence-corrected chi connectivity index (χ0v) is 10.8. The van der Waals surface area contributed by atoms with Crippen LogP contribution in [0.4, 0.5) is 0 Å². The minimum absolute atomic E-state index is 0.0376. The Kier molecular flexibility index (Phi) is 6.29. The molecule has 1 unspecified atom stereocenters. The summed E-state index contributed by atoms with van der Waals surface area (Å²) in [4.78, 5) is 11.4. The van der Waals surface area contributed by atoms with Crippen LogP contribution >= 0.6 is 0 Å². The Bertz CT molecular complexity index is 253. The quantitative estimate of drug-likeness (QED) is 0.412. The van der Waals surface area contributed by atoms with Crippen molar-refractivity contribution < 1.29 is 14.6 Å². The number of ether oxygens (including phenoxy) is 1. The lowest BCUT2D eigenvalue weighted by molar-refractivity contribution is -0.138. The molecule has 0 spiro atoms. The Morgan fingerprint density at radius 1 is 1.50 bits per heavy atom. The summed E-state index contributed by atoms with van der Waals surface area (Å²) >= 11 is 0.